The Balaban J connectivity index is 1.82. The zero-order valence-electron chi connectivity index (χ0n) is 16.3. The first-order valence-electron chi connectivity index (χ1n) is 9.40. The van der Waals surface area contributed by atoms with Gasteiger partial charge in [-0.3, -0.25) is 0 Å². The second-order valence-corrected chi connectivity index (χ2v) is 7.19. The van der Waals surface area contributed by atoms with Crippen molar-refractivity contribution >= 4 is 0 Å². The van der Waals surface area contributed by atoms with E-state index in [9.17, 15) is 4.39 Å². The van der Waals surface area contributed by atoms with Gasteiger partial charge in [-0.05, 0) is 60.9 Å². The molecule has 0 aromatic heterocycles. The quantitative estimate of drug-likeness (QED) is 0.546. The summed E-state index contributed by atoms with van der Waals surface area (Å²) in [5.41, 5.74) is 5.44. The number of fused-ring (bicyclic) bond motifs is 3. The lowest BCUT2D eigenvalue weighted by atomic mass is 9.91. The van der Waals surface area contributed by atoms with E-state index in [0.717, 1.165) is 39.3 Å². The van der Waals surface area contributed by atoms with Crippen LogP contribution in [-0.4, -0.2) is 13.2 Å². The van der Waals surface area contributed by atoms with Gasteiger partial charge in [0.2, 0.25) is 0 Å². The highest BCUT2D eigenvalue weighted by Gasteiger charge is 2.22. The summed E-state index contributed by atoms with van der Waals surface area (Å²) in [4.78, 5) is 0. The molecule has 4 heteroatoms. The number of ether oxygens (including phenoxy) is 3. The zero-order valence-corrected chi connectivity index (χ0v) is 16.3. The van der Waals surface area contributed by atoms with Crippen LogP contribution in [0.3, 0.4) is 0 Å². The fourth-order valence-electron chi connectivity index (χ4n) is 3.61. The minimum absolute atomic E-state index is 0.117. The molecule has 0 N–H and O–H groups in total. The van der Waals surface area contributed by atoms with Crippen LogP contribution >= 0.6 is 0 Å². The first kappa shape index (κ1) is 18.5. The average Bonchev–Trinajstić information content (AvgIpc) is 2.67. The monoisotopic (exact) mass is 378 g/mol. The lowest BCUT2D eigenvalue weighted by molar-refractivity contribution is 0.185. The van der Waals surface area contributed by atoms with Crippen LogP contribution in [0, 0.1) is 5.82 Å². The molecule has 0 saturated heterocycles. The van der Waals surface area contributed by atoms with Gasteiger partial charge in [0, 0.05) is 23.8 Å². The van der Waals surface area contributed by atoms with Gasteiger partial charge in [0.25, 0.3) is 0 Å². The number of methoxy groups -OCH3 is 1. The molecular formula is C24H23FO3. The molecule has 28 heavy (non-hydrogen) atoms. The molecule has 1 heterocycles. The SMILES string of the molecule is COCc1cc2c(cc1-c1ccccc1F)OCc1cc(OC(C)C)ccc1-2. The van der Waals surface area contributed by atoms with Gasteiger partial charge in [-0.1, -0.05) is 24.3 Å². The summed E-state index contributed by atoms with van der Waals surface area (Å²) in [6.45, 7) is 4.86. The van der Waals surface area contributed by atoms with Crippen molar-refractivity contribution < 1.29 is 18.6 Å². The summed E-state index contributed by atoms with van der Waals surface area (Å²) < 4.78 is 31.6. The molecule has 0 aliphatic carbocycles. The number of hydrogen-bond donors (Lipinski definition) is 0. The van der Waals surface area contributed by atoms with Crippen molar-refractivity contribution in [1.82, 2.24) is 0 Å². The fourth-order valence-corrected chi connectivity index (χ4v) is 3.61. The van der Waals surface area contributed by atoms with E-state index in [0.29, 0.717) is 18.8 Å². The molecule has 0 amide bonds. The van der Waals surface area contributed by atoms with E-state index < -0.39 is 0 Å². The van der Waals surface area contributed by atoms with E-state index in [4.69, 9.17) is 14.2 Å². The Kier molecular flexibility index (Phi) is 5.05. The average molecular weight is 378 g/mol. The fraction of sp³-hybridized carbons (Fsp3) is 0.250. The second kappa shape index (κ2) is 7.64. The van der Waals surface area contributed by atoms with E-state index in [1.807, 2.05) is 44.2 Å². The molecule has 4 rings (SSSR count). The van der Waals surface area contributed by atoms with Gasteiger partial charge in [0.1, 0.15) is 23.9 Å². The number of benzene rings is 3. The Morgan fingerprint density at radius 2 is 1.79 bits per heavy atom. The minimum atomic E-state index is -0.258. The van der Waals surface area contributed by atoms with E-state index >= 15 is 0 Å². The smallest absolute Gasteiger partial charge is 0.131 e. The molecule has 0 bridgehead atoms. The molecule has 0 atom stereocenters. The molecule has 144 valence electrons. The first-order valence-corrected chi connectivity index (χ1v) is 9.40. The third kappa shape index (κ3) is 3.48. The van der Waals surface area contributed by atoms with Gasteiger partial charge < -0.3 is 14.2 Å². The van der Waals surface area contributed by atoms with E-state index in [1.54, 1.807) is 19.2 Å². The summed E-state index contributed by atoms with van der Waals surface area (Å²) in [6.07, 6.45) is 0.117. The second-order valence-electron chi connectivity index (χ2n) is 7.19. The normalized spacial score (nSPS) is 12.3. The van der Waals surface area contributed by atoms with Crippen molar-refractivity contribution in [1.29, 1.82) is 0 Å². The molecule has 3 nitrogen and oxygen atoms in total. The summed E-state index contributed by atoms with van der Waals surface area (Å²) in [5, 5.41) is 0. The molecule has 3 aromatic rings. The Labute approximate surface area is 164 Å². The minimum Gasteiger partial charge on any atom is -0.491 e. The van der Waals surface area contributed by atoms with Crippen LogP contribution in [0.1, 0.15) is 25.0 Å². The Morgan fingerprint density at radius 3 is 2.54 bits per heavy atom. The molecule has 0 radical (unpaired) electrons. The largest absolute Gasteiger partial charge is 0.491 e. The highest BCUT2D eigenvalue weighted by atomic mass is 19.1. The highest BCUT2D eigenvalue weighted by Crippen LogP contribution is 2.43. The topological polar surface area (TPSA) is 27.7 Å². The van der Waals surface area contributed by atoms with Crippen molar-refractivity contribution in [2.24, 2.45) is 0 Å². The van der Waals surface area contributed by atoms with Gasteiger partial charge in [-0.15, -0.1) is 0 Å². The van der Waals surface area contributed by atoms with Crippen LogP contribution in [-0.2, 0) is 18.0 Å². The van der Waals surface area contributed by atoms with Crippen molar-refractivity contribution in [3.63, 3.8) is 0 Å². The number of halogens is 1. The Bertz CT molecular complexity index is 1010. The van der Waals surface area contributed by atoms with Crippen LogP contribution < -0.4 is 9.47 Å². The van der Waals surface area contributed by atoms with Gasteiger partial charge >= 0.3 is 0 Å². The third-order valence-corrected chi connectivity index (χ3v) is 4.79. The van der Waals surface area contributed by atoms with Gasteiger partial charge in [0.05, 0.1) is 12.7 Å². The van der Waals surface area contributed by atoms with Crippen LogP contribution in [0.25, 0.3) is 22.3 Å². The molecule has 3 aromatic carbocycles. The maximum absolute atomic E-state index is 14.4. The van der Waals surface area contributed by atoms with Crippen LogP contribution in [0.15, 0.2) is 54.6 Å². The maximum atomic E-state index is 14.4. The van der Waals surface area contributed by atoms with E-state index in [1.165, 1.54) is 6.07 Å². The summed E-state index contributed by atoms with van der Waals surface area (Å²) in [7, 11) is 1.64. The first-order chi connectivity index (χ1) is 13.6. The van der Waals surface area contributed by atoms with Crippen LogP contribution in [0.4, 0.5) is 4.39 Å². The van der Waals surface area contributed by atoms with Crippen LogP contribution in [0.2, 0.25) is 0 Å². The molecule has 0 unspecified atom stereocenters. The van der Waals surface area contributed by atoms with E-state index in [-0.39, 0.29) is 11.9 Å². The zero-order chi connectivity index (χ0) is 19.7. The molecule has 1 aliphatic rings. The van der Waals surface area contributed by atoms with Gasteiger partial charge in [-0.2, -0.15) is 0 Å². The molecule has 0 saturated carbocycles. The predicted molar refractivity (Wildman–Crippen MR) is 108 cm³/mol. The predicted octanol–water partition coefficient (Wildman–Crippen LogP) is 5.99. The third-order valence-electron chi connectivity index (χ3n) is 4.79. The molecule has 0 fully saturated rings. The van der Waals surface area contributed by atoms with Crippen molar-refractivity contribution in [3.8, 4) is 33.8 Å². The van der Waals surface area contributed by atoms with Crippen molar-refractivity contribution in [2.75, 3.05) is 7.11 Å². The van der Waals surface area contributed by atoms with Crippen LogP contribution in [0.5, 0.6) is 11.5 Å². The summed E-state index contributed by atoms with van der Waals surface area (Å²) in [6, 6.07) is 16.8. The van der Waals surface area contributed by atoms with Gasteiger partial charge in [-0.25, -0.2) is 4.39 Å². The summed E-state index contributed by atoms with van der Waals surface area (Å²) >= 11 is 0. The molecular weight excluding hydrogens is 355 g/mol. The van der Waals surface area contributed by atoms with E-state index in [2.05, 4.69) is 6.07 Å². The summed E-state index contributed by atoms with van der Waals surface area (Å²) in [5.74, 6) is 1.33. The van der Waals surface area contributed by atoms with Crippen molar-refractivity contribution in [3.05, 3.63) is 71.5 Å². The lowest BCUT2D eigenvalue weighted by Crippen LogP contribution is -2.09. The van der Waals surface area contributed by atoms with Gasteiger partial charge in [0.15, 0.2) is 0 Å². The maximum Gasteiger partial charge on any atom is 0.131 e. The molecule has 0 spiro atoms. The van der Waals surface area contributed by atoms with Crippen molar-refractivity contribution in [2.45, 2.75) is 33.2 Å². The Hall–Kier alpha value is -2.85. The number of rotatable bonds is 5. The highest BCUT2D eigenvalue weighted by molar-refractivity contribution is 5.82. The lowest BCUT2D eigenvalue weighted by Gasteiger charge is -2.24. The standard InChI is InChI=1S/C24H23FO3/c1-15(2)28-18-8-9-19-16(10-18)14-27-24-12-21(17(13-26-3)11-22(19)24)20-6-4-5-7-23(20)25/h4-12,15H,13-14H2,1-3H3. The Morgan fingerprint density at radius 1 is 0.964 bits per heavy atom. The number of hydrogen-bond acceptors (Lipinski definition) is 3. The molecule has 1 aliphatic heterocycles.